The number of benzene rings is 1. The topological polar surface area (TPSA) is 35.2 Å². The molecule has 1 aromatic carbocycles. The molecule has 2 heteroatoms. The van der Waals surface area contributed by atoms with Crippen LogP contribution < -0.4 is 10.5 Å². The number of ether oxygens (including phenoxy) is 1. The normalized spacial score (nSPS) is 13.7. The smallest absolute Gasteiger partial charge is 0.119 e. The third kappa shape index (κ3) is 3.56. The maximum absolute atomic E-state index is 5.61. The molecule has 0 saturated heterocycles. The Balaban J connectivity index is 2.73. The number of nitrogens with two attached hydrogens (primary N) is 1. The van der Waals surface area contributed by atoms with Crippen LogP contribution in [0.2, 0.25) is 0 Å². The summed E-state index contributed by atoms with van der Waals surface area (Å²) in [7, 11) is 0. The molecule has 84 valence electrons. The summed E-state index contributed by atoms with van der Waals surface area (Å²) in [6.45, 7) is 9.11. The molecule has 0 aliphatic heterocycles. The lowest BCUT2D eigenvalue weighted by Crippen LogP contribution is -2.22. The van der Waals surface area contributed by atoms with Crippen LogP contribution in [-0.4, -0.2) is 12.6 Å². The van der Waals surface area contributed by atoms with Crippen LogP contribution >= 0.6 is 0 Å². The van der Waals surface area contributed by atoms with Gasteiger partial charge in [-0.2, -0.15) is 0 Å². The van der Waals surface area contributed by atoms with E-state index in [1.54, 1.807) is 0 Å². The first kappa shape index (κ1) is 12.1. The van der Waals surface area contributed by atoms with Crippen LogP contribution in [0.5, 0.6) is 5.75 Å². The molecule has 0 spiro atoms. The molecule has 0 aliphatic carbocycles. The van der Waals surface area contributed by atoms with Crippen LogP contribution in [0.3, 0.4) is 0 Å². The van der Waals surface area contributed by atoms with Crippen molar-refractivity contribution in [2.45, 2.75) is 39.2 Å². The van der Waals surface area contributed by atoms with Crippen LogP contribution in [0.1, 0.15) is 33.3 Å². The molecule has 2 N–H and O–H groups in total. The Hall–Kier alpha value is -1.02. The van der Waals surface area contributed by atoms with E-state index >= 15 is 0 Å². The summed E-state index contributed by atoms with van der Waals surface area (Å²) in [6, 6.07) is 8.23. The molecule has 2 nitrogen and oxygen atoms in total. The highest BCUT2D eigenvalue weighted by molar-refractivity contribution is 5.31. The van der Waals surface area contributed by atoms with Gasteiger partial charge in [0.25, 0.3) is 0 Å². The minimum absolute atomic E-state index is 0.0745. The van der Waals surface area contributed by atoms with Gasteiger partial charge in [0.15, 0.2) is 0 Å². The van der Waals surface area contributed by atoms with E-state index in [2.05, 4.69) is 32.9 Å². The van der Waals surface area contributed by atoms with Gasteiger partial charge >= 0.3 is 0 Å². The average molecular weight is 207 g/mol. The van der Waals surface area contributed by atoms with Gasteiger partial charge in [-0.3, -0.25) is 0 Å². The molecule has 15 heavy (non-hydrogen) atoms. The van der Waals surface area contributed by atoms with E-state index in [0.717, 1.165) is 5.75 Å². The van der Waals surface area contributed by atoms with Crippen LogP contribution in [0, 0.1) is 0 Å². The molecule has 0 aromatic heterocycles. The summed E-state index contributed by atoms with van der Waals surface area (Å²) in [6.07, 6.45) is 0.0745. The highest BCUT2D eigenvalue weighted by Crippen LogP contribution is 2.24. The molecule has 0 amide bonds. The predicted molar refractivity (Wildman–Crippen MR) is 64.3 cm³/mol. The summed E-state index contributed by atoms with van der Waals surface area (Å²) in [5.74, 6) is 0.890. The number of hydrogen-bond acceptors (Lipinski definition) is 2. The molecule has 0 unspecified atom stereocenters. The quantitative estimate of drug-likeness (QED) is 0.827. The van der Waals surface area contributed by atoms with E-state index < -0.39 is 0 Å². The van der Waals surface area contributed by atoms with Gasteiger partial charge < -0.3 is 10.5 Å². The Kier molecular flexibility index (Phi) is 3.75. The minimum atomic E-state index is 0.0745. The van der Waals surface area contributed by atoms with Crippen LogP contribution in [-0.2, 0) is 5.41 Å². The Labute approximate surface area is 92.4 Å². The predicted octanol–water partition coefficient (Wildman–Crippen LogP) is 2.71. The third-order valence-electron chi connectivity index (χ3n) is 2.39. The van der Waals surface area contributed by atoms with E-state index in [9.17, 15) is 0 Å². The van der Waals surface area contributed by atoms with Crippen molar-refractivity contribution in [1.29, 1.82) is 0 Å². The molecule has 1 atom stereocenters. The summed E-state index contributed by atoms with van der Waals surface area (Å²) in [5.41, 5.74) is 7.00. The van der Waals surface area contributed by atoms with E-state index in [1.165, 1.54) is 5.56 Å². The van der Waals surface area contributed by atoms with Crippen LogP contribution in [0.25, 0.3) is 0 Å². The largest absolute Gasteiger partial charge is 0.489 e. The minimum Gasteiger partial charge on any atom is -0.489 e. The second kappa shape index (κ2) is 4.67. The molecular weight excluding hydrogens is 186 g/mol. The maximum atomic E-state index is 5.61. The van der Waals surface area contributed by atoms with E-state index in [-0.39, 0.29) is 11.5 Å². The van der Waals surface area contributed by atoms with Crippen molar-refractivity contribution >= 4 is 0 Å². The van der Waals surface area contributed by atoms with Gasteiger partial charge in [-0.15, -0.1) is 0 Å². The lowest BCUT2D eigenvalue weighted by Gasteiger charge is -2.19. The highest BCUT2D eigenvalue weighted by atomic mass is 16.5. The van der Waals surface area contributed by atoms with Gasteiger partial charge in [0.2, 0.25) is 0 Å². The van der Waals surface area contributed by atoms with Crippen molar-refractivity contribution < 1.29 is 4.74 Å². The zero-order valence-electron chi connectivity index (χ0n) is 10.1. The highest BCUT2D eigenvalue weighted by Gasteiger charge is 2.13. The molecule has 0 fully saturated rings. The van der Waals surface area contributed by atoms with Crippen molar-refractivity contribution in [1.82, 2.24) is 0 Å². The Morgan fingerprint density at radius 1 is 1.20 bits per heavy atom. The molecule has 0 heterocycles. The second-order valence-corrected chi connectivity index (χ2v) is 4.94. The average Bonchev–Trinajstić information content (AvgIpc) is 2.17. The monoisotopic (exact) mass is 207 g/mol. The van der Waals surface area contributed by atoms with Gasteiger partial charge in [0, 0.05) is 6.54 Å². The van der Waals surface area contributed by atoms with Crippen molar-refractivity contribution in [3.8, 4) is 5.75 Å². The van der Waals surface area contributed by atoms with Crippen molar-refractivity contribution in [3.63, 3.8) is 0 Å². The molecule has 0 bridgehead atoms. The lowest BCUT2D eigenvalue weighted by molar-refractivity contribution is 0.230. The first-order valence-corrected chi connectivity index (χ1v) is 5.41. The first-order chi connectivity index (χ1) is 6.93. The van der Waals surface area contributed by atoms with Crippen molar-refractivity contribution in [2.24, 2.45) is 5.73 Å². The summed E-state index contributed by atoms with van der Waals surface area (Å²) in [4.78, 5) is 0. The van der Waals surface area contributed by atoms with Gasteiger partial charge in [-0.25, -0.2) is 0 Å². The molecule has 0 saturated carbocycles. The van der Waals surface area contributed by atoms with Crippen molar-refractivity contribution in [3.05, 3.63) is 29.8 Å². The fraction of sp³-hybridized carbons (Fsp3) is 0.538. The molecule has 0 radical (unpaired) electrons. The SMILES string of the molecule is C[C@@H](CN)Oc1ccc(C(C)(C)C)cc1. The van der Waals surface area contributed by atoms with E-state index in [0.29, 0.717) is 6.54 Å². The lowest BCUT2D eigenvalue weighted by atomic mass is 9.87. The fourth-order valence-corrected chi connectivity index (χ4v) is 1.31. The Morgan fingerprint density at radius 3 is 2.13 bits per heavy atom. The molecule has 1 rings (SSSR count). The van der Waals surface area contributed by atoms with Gasteiger partial charge in [-0.1, -0.05) is 32.9 Å². The summed E-state index contributed by atoms with van der Waals surface area (Å²) in [5, 5.41) is 0. The van der Waals surface area contributed by atoms with Crippen molar-refractivity contribution in [2.75, 3.05) is 6.54 Å². The number of hydrogen-bond donors (Lipinski definition) is 1. The fourth-order valence-electron chi connectivity index (χ4n) is 1.31. The van der Waals surface area contributed by atoms with E-state index in [4.69, 9.17) is 10.5 Å². The Morgan fingerprint density at radius 2 is 1.73 bits per heavy atom. The summed E-state index contributed by atoms with van der Waals surface area (Å²) < 4.78 is 5.61. The van der Waals surface area contributed by atoms with Gasteiger partial charge in [-0.05, 0) is 30.0 Å². The third-order valence-corrected chi connectivity index (χ3v) is 2.39. The van der Waals surface area contributed by atoms with Gasteiger partial charge in [0.05, 0.1) is 0 Å². The zero-order chi connectivity index (χ0) is 11.5. The molecule has 0 aliphatic rings. The second-order valence-electron chi connectivity index (χ2n) is 4.94. The maximum Gasteiger partial charge on any atom is 0.119 e. The standard InChI is InChI=1S/C13H21NO/c1-10(9-14)15-12-7-5-11(6-8-12)13(2,3)4/h5-8,10H,9,14H2,1-4H3/t10-/m0/s1. The number of rotatable bonds is 3. The zero-order valence-corrected chi connectivity index (χ0v) is 10.1. The Bertz CT molecular complexity index is 297. The van der Waals surface area contributed by atoms with Gasteiger partial charge in [0.1, 0.15) is 11.9 Å². The van der Waals surface area contributed by atoms with E-state index in [1.807, 2.05) is 19.1 Å². The first-order valence-electron chi connectivity index (χ1n) is 5.41. The summed E-state index contributed by atoms with van der Waals surface area (Å²) >= 11 is 0. The van der Waals surface area contributed by atoms with Crippen LogP contribution in [0.15, 0.2) is 24.3 Å². The molecule has 1 aromatic rings. The van der Waals surface area contributed by atoms with Crippen LogP contribution in [0.4, 0.5) is 0 Å². The molecular formula is C13H21NO.